The predicted octanol–water partition coefficient (Wildman–Crippen LogP) is 2.63. The maximum atomic E-state index is 4.37. The number of anilines is 1. The Morgan fingerprint density at radius 3 is 2.81 bits per heavy atom. The van der Waals surface area contributed by atoms with Gasteiger partial charge in [0.1, 0.15) is 0 Å². The van der Waals surface area contributed by atoms with Crippen LogP contribution >= 0.6 is 11.3 Å². The number of hydrogen-bond donors (Lipinski definition) is 0. The van der Waals surface area contributed by atoms with Crippen molar-refractivity contribution in [1.29, 1.82) is 0 Å². The van der Waals surface area contributed by atoms with E-state index in [1.54, 1.807) is 11.3 Å². The largest absolute Gasteiger partial charge is 0.346 e. The minimum atomic E-state index is 0.847. The van der Waals surface area contributed by atoms with Crippen molar-refractivity contribution in [2.75, 3.05) is 37.6 Å². The zero-order valence-electron chi connectivity index (χ0n) is 12.2. The molecule has 0 aliphatic carbocycles. The summed E-state index contributed by atoms with van der Waals surface area (Å²) in [6.45, 7) is 7.14. The van der Waals surface area contributed by atoms with Gasteiger partial charge < -0.3 is 4.90 Å². The molecule has 0 spiro atoms. The van der Waals surface area contributed by atoms with Gasteiger partial charge in [0.15, 0.2) is 5.13 Å². The lowest BCUT2D eigenvalue weighted by atomic mass is 10.1. The lowest BCUT2D eigenvalue weighted by Gasteiger charge is -2.33. The zero-order chi connectivity index (χ0) is 14.5. The molecule has 1 aliphatic rings. The highest BCUT2D eigenvalue weighted by Gasteiger charge is 2.17. The zero-order valence-corrected chi connectivity index (χ0v) is 13.1. The first-order valence-corrected chi connectivity index (χ1v) is 8.11. The van der Waals surface area contributed by atoms with Gasteiger partial charge in [0, 0.05) is 43.3 Å². The molecule has 1 aromatic heterocycles. The average molecular weight is 297 g/mol. The van der Waals surface area contributed by atoms with Crippen molar-refractivity contribution in [1.82, 2.24) is 9.88 Å². The van der Waals surface area contributed by atoms with Crippen LogP contribution in [0.25, 0.3) is 0 Å². The summed E-state index contributed by atoms with van der Waals surface area (Å²) in [5.41, 5.74) is 2.37. The minimum absolute atomic E-state index is 0.847. The van der Waals surface area contributed by atoms with Crippen LogP contribution in [0.4, 0.5) is 5.13 Å². The van der Waals surface area contributed by atoms with Crippen LogP contribution in [-0.4, -0.2) is 42.6 Å². The fourth-order valence-electron chi connectivity index (χ4n) is 2.45. The normalized spacial score (nSPS) is 15.6. The Balaban J connectivity index is 1.50. The monoisotopic (exact) mass is 297 g/mol. The molecule has 0 amide bonds. The van der Waals surface area contributed by atoms with Gasteiger partial charge in [-0.1, -0.05) is 24.0 Å². The molecular weight excluding hydrogens is 278 g/mol. The summed E-state index contributed by atoms with van der Waals surface area (Å²) in [5.74, 6) is 6.55. The summed E-state index contributed by atoms with van der Waals surface area (Å²) in [6, 6.07) is 8.36. The van der Waals surface area contributed by atoms with Crippen molar-refractivity contribution in [3.05, 3.63) is 47.0 Å². The number of nitrogens with zero attached hydrogens (tertiary/aromatic N) is 3. The lowest BCUT2D eigenvalue weighted by molar-refractivity contribution is 0.288. The molecule has 0 N–H and O–H groups in total. The molecule has 3 nitrogen and oxygen atoms in total. The van der Waals surface area contributed by atoms with Crippen LogP contribution in [0.15, 0.2) is 35.8 Å². The van der Waals surface area contributed by atoms with E-state index in [-0.39, 0.29) is 0 Å². The van der Waals surface area contributed by atoms with Crippen molar-refractivity contribution in [2.45, 2.75) is 6.92 Å². The third-order valence-corrected chi connectivity index (χ3v) is 4.45. The summed E-state index contributed by atoms with van der Waals surface area (Å²) in [7, 11) is 0. The third kappa shape index (κ3) is 3.84. The van der Waals surface area contributed by atoms with E-state index in [1.807, 2.05) is 11.6 Å². The van der Waals surface area contributed by atoms with E-state index >= 15 is 0 Å². The van der Waals surface area contributed by atoms with Gasteiger partial charge in [-0.05, 0) is 24.6 Å². The van der Waals surface area contributed by atoms with Crippen LogP contribution < -0.4 is 4.90 Å². The molecule has 1 aromatic carbocycles. The highest BCUT2D eigenvalue weighted by Crippen LogP contribution is 2.18. The van der Waals surface area contributed by atoms with E-state index in [1.165, 1.54) is 5.56 Å². The summed E-state index contributed by atoms with van der Waals surface area (Å²) >= 11 is 1.72. The first kappa shape index (κ1) is 14.1. The van der Waals surface area contributed by atoms with Crippen molar-refractivity contribution >= 4 is 16.5 Å². The number of rotatable bonds is 2. The number of piperazine rings is 1. The molecule has 0 unspecified atom stereocenters. The Morgan fingerprint density at radius 2 is 2.10 bits per heavy atom. The Morgan fingerprint density at radius 1 is 1.24 bits per heavy atom. The first-order chi connectivity index (χ1) is 10.3. The second kappa shape index (κ2) is 6.75. The van der Waals surface area contributed by atoms with Crippen LogP contribution in [0, 0.1) is 18.8 Å². The van der Waals surface area contributed by atoms with E-state index in [0.29, 0.717) is 0 Å². The molecule has 2 aromatic rings. The third-order valence-electron chi connectivity index (χ3n) is 3.62. The Hall–Kier alpha value is -1.83. The van der Waals surface area contributed by atoms with Crippen molar-refractivity contribution < 1.29 is 0 Å². The van der Waals surface area contributed by atoms with E-state index in [9.17, 15) is 0 Å². The van der Waals surface area contributed by atoms with Gasteiger partial charge in [0.05, 0.1) is 6.54 Å². The van der Waals surface area contributed by atoms with Gasteiger partial charge in [0.2, 0.25) is 0 Å². The molecule has 0 radical (unpaired) electrons. The quantitative estimate of drug-likeness (QED) is 0.794. The highest BCUT2D eigenvalue weighted by molar-refractivity contribution is 7.13. The van der Waals surface area contributed by atoms with E-state index in [0.717, 1.165) is 43.4 Å². The Labute approximate surface area is 130 Å². The second-order valence-electron chi connectivity index (χ2n) is 5.25. The lowest BCUT2D eigenvalue weighted by Crippen LogP contribution is -2.46. The van der Waals surface area contributed by atoms with Crippen LogP contribution in [-0.2, 0) is 0 Å². The maximum Gasteiger partial charge on any atom is 0.185 e. The van der Waals surface area contributed by atoms with Gasteiger partial charge in [-0.15, -0.1) is 11.3 Å². The summed E-state index contributed by atoms with van der Waals surface area (Å²) < 4.78 is 0. The molecule has 21 heavy (non-hydrogen) atoms. The summed E-state index contributed by atoms with van der Waals surface area (Å²) in [4.78, 5) is 9.14. The molecule has 1 fully saturated rings. The summed E-state index contributed by atoms with van der Waals surface area (Å²) in [6.07, 6.45) is 1.87. The average Bonchev–Trinajstić information content (AvgIpc) is 3.02. The topological polar surface area (TPSA) is 19.4 Å². The van der Waals surface area contributed by atoms with Gasteiger partial charge >= 0.3 is 0 Å². The molecule has 3 rings (SSSR count). The predicted molar refractivity (Wildman–Crippen MR) is 88.8 cm³/mol. The van der Waals surface area contributed by atoms with Crippen LogP contribution in [0.3, 0.4) is 0 Å². The molecule has 0 bridgehead atoms. The van der Waals surface area contributed by atoms with Crippen LogP contribution in [0.5, 0.6) is 0 Å². The van der Waals surface area contributed by atoms with Gasteiger partial charge in [0.25, 0.3) is 0 Å². The number of hydrogen-bond acceptors (Lipinski definition) is 4. The molecule has 1 saturated heterocycles. The van der Waals surface area contributed by atoms with E-state index in [2.05, 4.69) is 57.8 Å². The van der Waals surface area contributed by atoms with Gasteiger partial charge in [-0.2, -0.15) is 0 Å². The SMILES string of the molecule is Cc1cccc(C#CCN2CCN(c3nccs3)CC2)c1. The molecule has 4 heteroatoms. The Kier molecular flexibility index (Phi) is 4.54. The second-order valence-corrected chi connectivity index (χ2v) is 6.12. The van der Waals surface area contributed by atoms with Crippen LogP contribution in [0.2, 0.25) is 0 Å². The standard InChI is InChI=1S/C17H19N3S/c1-15-4-2-5-16(14-15)6-3-8-19-9-11-20(12-10-19)17-18-7-13-21-17/h2,4-5,7,13-14H,8-12H2,1H3. The molecular formula is C17H19N3S. The van der Waals surface area contributed by atoms with E-state index in [4.69, 9.17) is 0 Å². The van der Waals surface area contributed by atoms with Gasteiger partial charge in [-0.3, -0.25) is 4.90 Å². The number of benzene rings is 1. The highest BCUT2D eigenvalue weighted by atomic mass is 32.1. The van der Waals surface area contributed by atoms with Crippen molar-refractivity contribution in [3.63, 3.8) is 0 Å². The number of thiazole rings is 1. The molecule has 1 aliphatic heterocycles. The molecule has 0 saturated carbocycles. The molecule has 108 valence electrons. The first-order valence-electron chi connectivity index (χ1n) is 7.23. The van der Waals surface area contributed by atoms with E-state index < -0.39 is 0 Å². The minimum Gasteiger partial charge on any atom is -0.346 e. The fraction of sp³-hybridized carbons (Fsp3) is 0.353. The molecule has 2 heterocycles. The number of aryl methyl sites for hydroxylation is 1. The summed E-state index contributed by atoms with van der Waals surface area (Å²) in [5, 5.41) is 3.18. The van der Waals surface area contributed by atoms with Crippen molar-refractivity contribution in [3.8, 4) is 11.8 Å². The smallest absolute Gasteiger partial charge is 0.185 e. The maximum absolute atomic E-state index is 4.37. The Bertz CT molecular complexity index is 632. The van der Waals surface area contributed by atoms with Crippen molar-refractivity contribution in [2.24, 2.45) is 0 Å². The fourth-order valence-corrected chi connectivity index (χ4v) is 3.14. The number of aromatic nitrogens is 1. The van der Waals surface area contributed by atoms with Crippen LogP contribution in [0.1, 0.15) is 11.1 Å². The van der Waals surface area contributed by atoms with Gasteiger partial charge in [-0.25, -0.2) is 4.98 Å². The molecule has 0 atom stereocenters.